The molecule has 0 radical (unpaired) electrons. The number of halogens is 1. The van der Waals surface area contributed by atoms with E-state index >= 15 is 0 Å². The minimum absolute atomic E-state index is 0.0966. The normalized spacial score (nSPS) is 18.0. The van der Waals surface area contributed by atoms with Crippen LogP contribution in [0.4, 0.5) is 11.4 Å². The minimum atomic E-state index is -0.483. The van der Waals surface area contributed by atoms with Crippen molar-refractivity contribution < 1.29 is 9.59 Å². The van der Waals surface area contributed by atoms with Crippen molar-refractivity contribution in [3.05, 3.63) is 58.1 Å². The van der Waals surface area contributed by atoms with Crippen molar-refractivity contribution in [3.8, 4) is 0 Å². The lowest BCUT2D eigenvalue weighted by molar-refractivity contribution is -0.127. The molecule has 0 spiro atoms. The van der Waals surface area contributed by atoms with E-state index in [1.165, 1.54) is 22.2 Å². The third-order valence-corrected chi connectivity index (χ3v) is 6.14. The zero-order chi connectivity index (χ0) is 20.4. The van der Waals surface area contributed by atoms with Crippen LogP contribution in [-0.4, -0.2) is 34.2 Å². The fourth-order valence-corrected chi connectivity index (χ4v) is 4.22. The number of aryl methyl sites for hydroxylation is 3. The van der Waals surface area contributed by atoms with Gasteiger partial charge in [-0.25, -0.2) is 4.99 Å². The SMILES string of the molecule is Cc1ccc(NC(=O)CC2SC(=Nc3ccc(Cl)cc3C)N(C)C2=O)cc1C. The number of amides is 2. The average molecular weight is 416 g/mol. The molecule has 1 aliphatic heterocycles. The summed E-state index contributed by atoms with van der Waals surface area (Å²) in [7, 11) is 1.68. The number of carbonyl (C=O) groups excluding carboxylic acids is 2. The van der Waals surface area contributed by atoms with E-state index in [1.807, 2.05) is 51.1 Å². The highest BCUT2D eigenvalue weighted by atomic mass is 35.5. The highest BCUT2D eigenvalue weighted by molar-refractivity contribution is 8.15. The molecule has 1 atom stereocenters. The van der Waals surface area contributed by atoms with Gasteiger partial charge in [0.25, 0.3) is 0 Å². The van der Waals surface area contributed by atoms with Gasteiger partial charge in [0.05, 0.1) is 5.69 Å². The largest absolute Gasteiger partial charge is 0.326 e. The van der Waals surface area contributed by atoms with Crippen LogP contribution in [0.2, 0.25) is 5.02 Å². The Hall–Kier alpha value is -2.31. The van der Waals surface area contributed by atoms with Gasteiger partial charge < -0.3 is 5.32 Å². The molecule has 0 saturated carbocycles. The third kappa shape index (κ3) is 4.56. The van der Waals surface area contributed by atoms with E-state index in [0.29, 0.717) is 10.2 Å². The minimum Gasteiger partial charge on any atom is -0.326 e. The van der Waals surface area contributed by atoms with Gasteiger partial charge in [0.2, 0.25) is 11.8 Å². The molecule has 2 aromatic rings. The number of hydrogen-bond acceptors (Lipinski definition) is 4. The average Bonchev–Trinajstić information content (AvgIpc) is 2.88. The zero-order valence-electron chi connectivity index (χ0n) is 16.2. The highest BCUT2D eigenvalue weighted by Gasteiger charge is 2.37. The van der Waals surface area contributed by atoms with E-state index in [-0.39, 0.29) is 18.2 Å². The molecular weight excluding hydrogens is 394 g/mol. The number of aliphatic imine (C=N–C) groups is 1. The van der Waals surface area contributed by atoms with E-state index in [4.69, 9.17) is 11.6 Å². The van der Waals surface area contributed by atoms with Gasteiger partial charge in [-0.1, -0.05) is 29.4 Å². The lowest BCUT2D eigenvalue weighted by Gasteiger charge is -2.10. The summed E-state index contributed by atoms with van der Waals surface area (Å²) in [6, 6.07) is 11.2. The molecule has 3 rings (SSSR count). The summed E-state index contributed by atoms with van der Waals surface area (Å²) < 4.78 is 0. The van der Waals surface area contributed by atoms with Gasteiger partial charge in [-0.3, -0.25) is 14.5 Å². The standard InChI is InChI=1S/C21H22ClN3O2S/c1-12-5-7-16(10-13(12)2)23-19(26)11-18-20(27)25(4)21(28-18)24-17-8-6-15(22)9-14(17)3/h5-10,18H,11H2,1-4H3,(H,23,26). The van der Waals surface area contributed by atoms with Crippen molar-refractivity contribution in [1.29, 1.82) is 0 Å². The van der Waals surface area contributed by atoms with Crippen LogP contribution in [0, 0.1) is 20.8 Å². The van der Waals surface area contributed by atoms with Gasteiger partial charge in [-0.2, -0.15) is 0 Å². The second-order valence-electron chi connectivity index (χ2n) is 6.88. The van der Waals surface area contributed by atoms with Gasteiger partial charge in [0, 0.05) is 24.2 Å². The highest BCUT2D eigenvalue weighted by Crippen LogP contribution is 2.32. The van der Waals surface area contributed by atoms with Crippen LogP contribution >= 0.6 is 23.4 Å². The number of hydrogen-bond donors (Lipinski definition) is 1. The molecule has 28 heavy (non-hydrogen) atoms. The van der Waals surface area contributed by atoms with Crippen LogP contribution in [0.3, 0.4) is 0 Å². The summed E-state index contributed by atoms with van der Waals surface area (Å²) in [4.78, 5) is 31.1. The van der Waals surface area contributed by atoms with Crippen molar-refractivity contribution in [2.45, 2.75) is 32.4 Å². The number of amidine groups is 1. The first kappa shape index (κ1) is 20.4. The second-order valence-corrected chi connectivity index (χ2v) is 8.49. The summed E-state index contributed by atoms with van der Waals surface area (Å²) in [5.74, 6) is -0.308. The molecule has 1 unspecified atom stereocenters. The fraction of sp³-hybridized carbons (Fsp3) is 0.286. The molecule has 0 aliphatic carbocycles. The molecule has 1 aliphatic rings. The molecule has 7 heteroatoms. The molecule has 2 aromatic carbocycles. The Morgan fingerprint density at radius 3 is 2.57 bits per heavy atom. The topological polar surface area (TPSA) is 61.8 Å². The number of nitrogens with one attached hydrogen (secondary N) is 1. The first-order valence-corrected chi connectivity index (χ1v) is 10.2. The van der Waals surface area contributed by atoms with Crippen molar-refractivity contribution in [2.24, 2.45) is 4.99 Å². The Morgan fingerprint density at radius 2 is 1.89 bits per heavy atom. The van der Waals surface area contributed by atoms with Crippen LogP contribution in [-0.2, 0) is 9.59 Å². The Bertz CT molecular complexity index is 974. The molecule has 5 nitrogen and oxygen atoms in total. The van der Waals surface area contributed by atoms with Crippen molar-refractivity contribution in [1.82, 2.24) is 4.90 Å². The van der Waals surface area contributed by atoms with Crippen molar-refractivity contribution >= 4 is 51.7 Å². The van der Waals surface area contributed by atoms with Gasteiger partial charge in [0.15, 0.2) is 5.17 Å². The molecule has 1 fully saturated rings. The monoisotopic (exact) mass is 415 g/mol. The van der Waals surface area contributed by atoms with E-state index in [0.717, 1.165) is 22.5 Å². The van der Waals surface area contributed by atoms with Crippen molar-refractivity contribution in [3.63, 3.8) is 0 Å². The number of rotatable bonds is 4. The number of nitrogens with zero attached hydrogens (tertiary/aromatic N) is 2. The second kappa shape index (κ2) is 8.37. The summed E-state index contributed by atoms with van der Waals surface area (Å²) in [6.45, 7) is 5.94. The third-order valence-electron chi connectivity index (χ3n) is 4.68. The Kier molecular flexibility index (Phi) is 6.10. The van der Waals surface area contributed by atoms with Gasteiger partial charge in [-0.05, 0) is 67.8 Å². The van der Waals surface area contributed by atoms with Crippen molar-refractivity contribution in [2.75, 3.05) is 12.4 Å². The first-order chi connectivity index (χ1) is 13.2. The molecule has 0 aromatic heterocycles. The van der Waals surface area contributed by atoms with Crippen LogP contribution in [0.5, 0.6) is 0 Å². The quantitative estimate of drug-likeness (QED) is 0.775. The maximum absolute atomic E-state index is 12.6. The molecule has 0 bridgehead atoms. The molecule has 146 valence electrons. The summed E-state index contributed by atoms with van der Waals surface area (Å²) >= 11 is 7.30. The molecule has 1 N–H and O–H groups in total. The Balaban J connectivity index is 1.69. The van der Waals surface area contributed by atoms with E-state index < -0.39 is 5.25 Å². The van der Waals surface area contributed by atoms with Crippen LogP contribution < -0.4 is 5.32 Å². The van der Waals surface area contributed by atoms with Crippen LogP contribution in [0.15, 0.2) is 41.4 Å². The fourth-order valence-electron chi connectivity index (χ4n) is 2.84. The molecule has 1 heterocycles. The van der Waals surface area contributed by atoms with Crippen LogP contribution in [0.25, 0.3) is 0 Å². The lowest BCUT2D eigenvalue weighted by Crippen LogP contribution is -2.30. The predicted octanol–water partition coefficient (Wildman–Crippen LogP) is 4.86. The number of anilines is 1. The maximum atomic E-state index is 12.6. The van der Waals surface area contributed by atoms with Gasteiger partial charge >= 0.3 is 0 Å². The van der Waals surface area contributed by atoms with E-state index in [2.05, 4.69) is 10.3 Å². The smallest absolute Gasteiger partial charge is 0.242 e. The number of benzene rings is 2. The lowest BCUT2D eigenvalue weighted by atomic mass is 10.1. The molecule has 1 saturated heterocycles. The summed E-state index contributed by atoms with van der Waals surface area (Å²) in [5.41, 5.74) is 4.70. The summed E-state index contributed by atoms with van der Waals surface area (Å²) in [6.07, 6.45) is 0.0966. The van der Waals surface area contributed by atoms with Gasteiger partial charge in [0.1, 0.15) is 5.25 Å². The number of carbonyl (C=O) groups is 2. The number of thioether (sulfide) groups is 1. The van der Waals surface area contributed by atoms with E-state index in [1.54, 1.807) is 13.1 Å². The molecular formula is C21H22ClN3O2S. The zero-order valence-corrected chi connectivity index (χ0v) is 17.8. The van der Waals surface area contributed by atoms with Crippen LogP contribution in [0.1, 0.15) is 23.1 Å². The van der Waals surface area contributed by atoms with Gasteiger partial charge in [-0.15, -0.1) is 0 Å². The Morgan fingerprint density at radius 1 is 1.14 bits per heavy atom. The van der Waals surface area contributed by atoms with E-state index in [9.17, 15) is 9.59 Å². The summed E-state index contributed by atoms with van der Waals surface area (Å²) in [5, 5.41) is 3.62. The predicted molar refractivity (Wildman–Crippen MR) is 117 cm³/mol. The Labute approximate surface area is 174 Å². The first-order valence-electron chi connectivity index (χ1n) is 8.91. The maximum Gasteiger partial charge on any atom is 0.242 e. The molecule has 2 amide bonds.